The molecule has 3 nitrogen and oxygen atoms in total. The topological polar surface area (TPSA) is 18.8 Å². The number of hydrogen-bond donors (Lipinski definition) is 0. The molecule has 4 rings (SSSR count). The average Bonchev–Trinajstić information content (AvgIpc) is 3.50. The summed E-state index contributed by atoms with van der Waals surface area (Å²) in [5.74, 6) is 1.47. The number of hydrogen-bond acceptors (Lipinski definition) is 1. The van der Waals surface area contributed by atoms with Crippen molar-refractivity contribution in [2.75, 3.05) is 6.54 Å². The van der Waals surface area contributed by atoms with Gasteiger partial charge in [-0.2, -0.15) is 0 Å². The van der Waals surface area contributed by atoms with E-state index in [1.54, 1.807) is 0 Å². The summed E-state index contributed by atoms with van der Waals surface area (Å²) in [5.41, 5.74) is 0. The Morgan fingerprint density at radius 3 is 1.15 bits per heavy atom. The first-order valence-electron chi connectivity index (χ1n) is 12.5. The molecule has 0 radical (unpaired) electrons. The van der Waals surface area contributed by atoms with Crippen molar-refractivity contribution in [2.45, 2.75) is 140 Å². The third-order valence-electron chi connectivity index (χ3n) is 7.81. The van der Waals surface area contributed by atoms with Crippen LogP contribution in [0.1, 0.15) is 116 Å². The number of guanidine groups is 1. The summed E-state index contributed by atoms with van der Waals surface area (Å²) in [6.45, 7) is 3.31. The minimum Gasteiger partial charge on any atom is -0.337 e. The molecule has 0 aromatic rings. The maximum Gasteiger partial charge on any atom is 0.197 e. The fraction of sp³-hybridized carbons (Fsp3) is 0.958. The molecule has 154 valence electrons. The first-order valence-corrected chi connectivity index (χ1v) is 12.5. The molecule has 0 bridgehead atoms. The molecule has 0 amide bonds. The molecule has 0 aliphatic heterocycles. The molecule has 0 aromatic carbocycles. The van der Waals surface area contributed by atoms with Crippen LogP contribution in [0.3, 0.4) is 0 Å². The van der Waals surface area contributed by atoms with Crippen molar-refractivity contribution in [1.82, 2.24) is 9.80 Å². The van der Waals surface area contributed by atoms with Crippen LogP contribution in [0.25, 0.3) is 0 Å². The van der Waals surface area contributed by atoms with Crippen LogP contribution in [0.5, 0.6) is 0 Å². The highest BCUT2D eigenvalue weighted by atomic mass is 15.4. The Morgan fingerprint density at radius 2 is 0.889 bits per heavy atom. The molecule has 0 aromatic heterocycles. The third kappa shape index (κ3) is 4.48. The maximum atomic E-state index is 5.39. The molecule has 0 spiro atoms. The van der Waals surface area contributed by atoms with E-state index < -0.39 is 0 Å². The molecule has 4 saturated carbocycles. The number of aliphatic imine (C=N–C) groups is 1. The summed E-state index contributed by atoms with van der Waals surface area (Å²) in [6.07, 6.45) is 23.9. The van der Waals surface area contributed by atoms with E-state index in [-0.39, 0.29) is 0 Å². The standard InChI is InChI=1S/C24H43N3/c1-2-19-25-24(26(20-11-3-4-12-20)21-13-5-6-14-21)27(22-15-7-8-16-22)23-17-9-10-18-23/h20-23H,2-19H2,1H3. The summed E-state index contributed by atoms with van der Waals surface area (Å²) in [6, 6.07) is 3.09. The molecular formula is C24H43N3. The fourth-order valence-corrected chi connectivity index (χ4v) is 6.49. The Kier molecular flexibility index (Phi) is 7.00. The van der Waals surface area contributed by atoms with Crippen LogP contribution in [-0.2, 0) is 0 Å². The molecule has 4 aliphatic rings. The predicted molar refractivity (Wildman–Crippen MR) is 115 cm³/mol. The number of rotatable bonds is 6. The lowest BCUT2D eigenvalue weighted by Crippen LogP contribution is -2.57. The van der Waals surface area contributed by atoms with Crippen molar-refractivity contribution < 1.29 is 0 Å². The first-order chi connectivity index (χ1) is 13.4. The smallest absolute Gasteiger partial charge is 0.197 e. The molecule has 0 heterocycles. The zero-order valence-electron chi connectivity index (χ0n) is 17.9. The highest BCUT2D eigenvalue weighted by molar-refractivity contribution is 5.82. The molecule has 0 atom stereocenters. The Balaban J connectivity index is 1.66. The van der Waals surface area contributed by atoms with Crippen molar-refractivity contribution in [3.8, 4) is 0 Å². The van der Waals surface area contributed by atoms with Crippen LogP contribution in [-0.4, -0.2) is 46.5 Å². The molecule has 0 unspecified atom stereocenters. The van der Waals surface area contributed by atoms with E-state index in [1.165, 1.54) is 115 Å². The summed E-state index contributed by atoms with van der Waals surface area (Å²) in [7, 11) is 0. The van der Waals surface area contributed by atoms with Gasteiger partial charge in [0.2, 0.25) is 0 Å². The zero-order chi connectivity index (χ0) is 18.5. The van der Waals surface area contributed by atoms with Crippen molar-refractivity contribution in [3.05, 3.63) is 0 Å². The molecule has 27 heavy (non-hydrogen) atoms. The van der Waals surface area contributed by atoms with Crippen molar-refractivity contribution in [1.29, 1.82) is 0 Å². The van der Waals surface area contributed by atoms with Crippen LogP contribution >= 0.6 is 0 Å². The summed E-state index contributed by atoms with van der Waals surface area (Å²) < 4.78 is 0. The van der Waals surface area contributed by atoms with Gasteiger partial charge in [0.05, 0.1) is 0 Å². The van der Waals surface area contributed by atoms with Gasteiger partial charge in [0.25, 0.3) is 0 Å². The monoisotopic (exact) mass is 373 g/mol. The van der Waals surface area contributed by atoms with E-state index in [0.717, 1.165) is 30.7 Å². The van der Waals surface area contributed by atoms with Gasteiger partial charge in [-0.15, -0.1) is 0 Å². The summed E-state index contributed by atoms with van der Waals surface area (Å²) in [5, 5.41) is 0. The van der Waals surface area contributed by atoms with Gasteiger partial charge in [-0.3, -0.25) is 4.99 Å². The van der Waals surface area contributed by atoms with Gasteiger partial charge in [0.15, 0.2) is 5.96 Å². The van der Waals surface area contributed by atoms with Crippen LogP contribution in [0.2, 0.25) is 0 Å². The highest BCUT2D eigenvalue weighted by Crippen LogP contribution is 2.37. The van der Waals surface area contributed by atoms with Crippen molar-refractivity contribution >= 4 is 5.96 Å². The molecule has 3 heteroatoms. The summed E-state index contributed by atoms with van der Waals surface area (Å²) >= 11 is 0. The molecule has 0 N–H and O–H groups in total. The lowest BCUT2D eigenvalue weighted by Gasteiger charge is -2.46. The van der Waals surface area contributed by atoms with Gasteiger partial charge >= 0.3 is 0 Å². The summed E-state index contributed by atoms with van der Waals surface area (Å²) in [4.78, 5) is 11.2. The van der Waals surface area contributed by atoms with Gasteiger partial charge in [-0.1, -0.05) is 58.3 Å². The lowest BCUT2D eigenvalue weighted by molar-refractivity contribution is 0.155. The second-order valence-electron chi connectivity index (χ2n) is 9.75. The Bertz CT molecular complexity index is 394. The maximum absolute atomic E-state index is 5.39. The van der Waals surface area contributed by atoms with Crippen LogP contribution in [0, 0.1) is 0 Å². The van der Waals surface area contributed by atoms with Gasteiger partial charge in [0, 0.05) is 30.7 Å². The van der Waals surface area contributed by atoms with Crippen molar-refractivity contribution in [3.63, 3.8) is 0 Å². The number of nitrogens with zero attached hydrogens (tertiary/aromatic N) is 3. The highest BCUT2D eigenvalue weighted by Gasteiger charge is 2.40. The van der Waals surface area contributed by atoms with E-state index in [1.807, 2.05) is 0 Å². The van der Waals surface area contributed by atoms with Crippen LogP contribution in [0.4, 0.5) is 0 Å². The quantitative estimate of drug-likeness (QED) is 0.412. The molecule has 4 aliphatic carbocycles. The SMILES string of the molecule is CCCN=C(N(C1CCCC1)C1CCCC1)N(C1CCCC1)C1CCCC1. The van der Waals surface area contributed by atoms with E-state index in [4.69, 9.17) is 4.99 Å². The second kappa shape index (κ2) is 9.65. The van der Waals surface area contributed by atoms with Gasteiger partial charge in [-0.25, -0.2) is 0 Å². The van der Waals surface area contributed by atoms with Crippen LogP contribution < -0.4 is 0 Å². The van der Waals surface area contributed by atoms with E-state index in [9.17, 15) is 0 Å². The predicted octanol–water partition coefficient (Wildman–Crippen LogP) is 6.13. The molecular weight excluding hydrogens is 330 g/mol. The zero-order valence-corrected chi connectivity index (χ0v) is 17.9. The Hall–Kier alpha value is -0.730. The Morgan fingerprint density at radius 1 is 0.593 bits per heavy atom. The third-order valence-corrected chi connectivity index (χ3v) is 7.81. The van der Waals surface area contributed by atoms with Crippen LogP contribution in [0.15, 0.2) is 4.99 Å². The van der Waals surface area contributed by atoms with Gasteiger partial charge < -0.3 is 9.80 Å². The normalized spacial score (nSPS) is 25.5. The Labute approximate surface area is 168 Å². The van der Waals surface area contributed by atoms with Crippen molar-refractivity contribution in [2.24, 2.45) is 4.99 Å². The minimum atomic E-state index is 0.772. The van der Waals surface area contributed by atoms with E-state index in [2.05, 4.69) is 16.7 Å². The molecule has 0 saturated heterocycles. The first kappa shape index (κ1) is 19.6. The van der Waals surface area contributed by atoms with E-state index in [0.29, 0.717) is 0 Å². The van der Waals surface area contributed by atoms with Gasteiger partial charge in [-0.05, 0) is 57.8 Å². The lowest BCUT2D eigenvalue weighted by atomic mass is 10.1. The van der Waals surface area contributed by atoms with E-state index >= 15 is 0 Å². The fourth-order valence-electron chi connectivity index (χ4n) is 6.49. The largest absolute Gasteiger partial charge is 0.337 e. The minimum absolute atomic E-state index is 0.772. The van der Waals surface area contributed by atoms with Gasteiger partial charge in [0.1, 0.15) is 0 Å². The second-order valence-corrected chi connectivity index (χ2v) is 9.75. The molecule has 4 fully saturated rings. The average molecular weight is 374 g/mol.